The van der Waals surface area contributed by atoms with Crippen LogP contribution in [0, 0.1) is 0 Å². The van der Waals surface area contributed by atoms with Crippen LogP contribution in [-0.2, 0) is 19.2 Å². The molecular weight excluding hydrogens is 524 g/mol. The highest BCUT2D eigenvalue weighted by Crippen LogP contribution is 2.31. The lowest BCUT2D eigenvalue weighted by molar-refractivity contribution is -0.422. The average Bonchev–Trinajstić information content (AvgIpc) is 2.87. The van der Waals surface area contributed by atoms with Crippen molar-refractivity contribution in [1.82, 2.24) is 10.0 Å². The molecule has 1 saturated carbocycles. The minimum atomic E-state index is -3.99. The van der Waals surface area contributed by atoms with Crippen LogP contribution < -0.4 is 19.5 Å². The molecule has 0 unspecified atom stereocenters. The van der Waals surface area contributed by atoms with E-state index in [2.05, 4.69) is 10.0 Å². The number of nitrogens with one attached hydrogen (secondary N) is 2. The molecule has 0 aromatic heterocycles. The quantitative estimate of drug-likeness (QED) is 0.146. The Morgan fingerprint density at radius 3 is 2.29 bits per heavy atom. The second-order valence-corrected chi connectivity index (χ2v) is 11.3. The summed E-state index contributed by atoms with van der Waals surface area (Å²) in [6.45, 7) is 3.26. The maximum atomic E-state index is 12.6. The fourth-order valence-electron chi connectivity index (χ4n) is 4.29. The van der Waals surface area contributed by atoms with Crippen LogP contribution in [-0.4, -0.2) is 102 Å². The van der Waals surface area contributed by atoms with Gasteiger partial charge in [-0.1, -0.05) is 33.1 Å². The smallest absolute Gasteiger partial charge is 0.355 e. The van der Waals surface area contributed by atoms with Crippen LogP contribution in [0.1, 0.15) is 46.0 Å². The molecule has 14 heteroatoms. The minimum Gasteiger partial charge on any atom is -0.491 e. The summed E-state index contributed by atoms with van der Waals surface area (Å²) in [4.78, 5) is 0. The summed E-state index contributed by atoms with van der Waals surface area (Å²) in [6.07, 6.45) is -3.08. The van der Waals surface area contributed by atoms with E-state index in [1.54, 1.807) is 0 Å². The number of aliphatic hydroxyl groups excluding tert-OH is 4. The molecule has 13 nitrogen and oxygen atoms in total. The van der Waals surface area contributed by atoms with Gasteiger partial charge < -0.3 is 45.1 Å². The molecule has 0 bridgehead atoms. The maximum absolute atomic E-state index is 12.6. The molecule has 1 aliphatic heterocycles. The van der Waals surface area contributed by atoms with Gasteiger partial charge in [-0.2, -0.15) is 13.1 Å². The normalized spacial score (nSPS) is 29.8. The van der Waals surface area contributed by atoms with Gasteiger partial charge in [0.05, 0.1) is 6.61 Å². The molecule has 0 radical (unpaired) electrons. The van der Waals surface area contributed by atoms with Crippen LogP contribution >= 0.6 is 0 Å². The Morgan fingerprint density at radius 1 is 1.05 bits per heavy atom. The Morgan fingerprint density at radius 2 is 1.68 bits per heavy atom. The largest absolute Gasteiger partial charge is 0.491 e. The highest BCUT2D eigenvalue weighted by atomic mass is 32.2. The Kier molecular flexibility index (Phi) is 11.1. The predicted molar refractivity (Wildman–Crippen MR) is 134 cm³/mol. The van der Waals surface area contributed by atoms with Crippen molar-refractivity contribution >= 4 is 10.3 Å². The summed E-state index contributed by atoms with van der Waals surface area (Å²) in [5.74, 6) is -2.36. The van der Waals surface area contributed by atoms with E-state index in [4.69, 9.17) is 18.4 Å². The first-order chi connectivity index (χ1) is 17.9. The topological polar surface area (TPSA) is 196 Å². The lowest BCUT2D eigenvalue weighted by Gasteiger charge is -2.44. The van der Waals surface area contributed by atoms with Crippen molar-refractivity contribution in [3.05, 3.63) is 24.3 Å². The zero-order valence-corrected chi connectivity index (χ0v) is 22.4. The van der Waals surface area contributed by atoms with E-state index in [0.29, 0.717) is 5.75 Å². The molecule has 38 heavy (non-hydrogen) atoms. The van der Waals surface area contributed by atoms with Gasteiger partial charge in [-0.05, 0) is 37.1 Å². The van der Waals surface area contributed by atoms with Gasteiger partial charge in [0.1, 0.15) is 42.5 Å². The Labute approximate surface area is 222 Å². The van der Waals surface area contributed by atoms with Crippen LogP contribution in [0.2, 0.25) is 0 Å². The summed E-state index contributed by atoms with van der Waals surface area (Å²) in [5.41, 5.74) is 0. The highest BCUT2D eigenvalue weighted by molar-refractivity contribution is 7.84. The van der Waals surface area contributed by atoms with Crippen molar-refractivity contribution in [3.8, 4) is 11.5 Å². The number of benzene rings is 1. The average molecular weight is 565 g/mol. The predicted octanol–water partition coefficient (Wildman–Crippen LogP) is -0.886. The summed E-state index contributed by atoms with van der Waals surface area (Å²) >= 11 is 0. The minimum absolute atomic E-state index is 0.0210. The summed E-state index contributed by atoms with van der Waals surface area (Å²) < 4.78 is 49.4. The van der Waals surface area contributed by atoms with Gasteiger partial charge >= 0.3 is 16.3 Å². The lowest BCUT2D eigenvalue weighted by Crippen LogP contribution is -2.67. The third kappa shape index (κ3) is 8.71. The number of rotatable bonds is 13. The van der Waals surface area contributed by atoms with E-state index < -0.39 is 53.4 Å². The molecule has 218 valence electrons. The van der Waals surface area contributed by atoms with Crippen molar-refractivity contribution in [2.24, 2.45) is 0 Å². The molecule has 1 saturated heterocycles. The molecule has 1 aromatic carbocycles. The monoisotopic (exact) mass is 564 g/mol. The van der Waals surface area contributed by atoms with E-state index in [1.165, 1.54) is 24.3 Å². The molecule has 0 amide bonds. The first kappa shape index (κ1) is 30.9. The standard InChI is InChI=1S/C24H40N2O11S/c1-15(2)25-12-19(37-38(32,33)26-16-6-4-3-5-7-16)14-34-17-8-10-18(11-9-17)35-24(31)23(30)22(29)21(28)20(13-27)36-24/h8-11,15-16,19-23,25-31H,3-7,12-14H2,1-2H3/t19-,20-,21-,22+,23-,24+/m1/s1. The van der Waals surface area contributed by atoms with Crippen molar-refractivity contribution in [3.63, 3.8) is 0 Å². The van der Waals surface area contributed by atoms with E-state index in [9.17, 15) is 34.0 Å². The summed E-state index contributed by atoms with van der Waals surface area (Å²) in [5, 5.41) is 53.0. The molecule has 2 aliphatic rings. The zero-order chi connectivity index (χ0) is 27.9. The highest BCUT2D eigenvalue weighted by Gasteiger charge is 2.55. The molecule has 7 N–H and O–H groups in total. The van der Waals surface area contributed by atoms with E-state index >= 15 is 0 Å². The molecule has 1 heterocycles. The van der Waals surface area contributed by atoms with Crippen LogP contribution in [0.15, 0.2) is 24.3 Å². The fourth-order valence-corrected chi connectivity index (χ4v) is 5.47. The van der Waals surface area contributed by atoms with Crippen LogP contribution in [0.4, 0.5) is 0 Å². The Hall–Kier alpha value is -1.59. The summed E-state index contributed by atoms with van der Waals surface area (Å²) in [6, 6.07) is 5.69. The van der Waals surface area contributed by atoms with Gasteiger partial charge in [-0.15, -0.1) is 0 Å². The molecule has 1 aliphatic carbocycles. The molecular formula is C24H40N2O11S. The number of hydrogen-bond acceptors (Lipinski definition) is 12. The fraction of sp³-hybridized carbons (Fsp3) is 0.750. The van der Waals surface area contributed by atoms with Crippen molar-refractivity contribution in [2.75, 3.05) is 19.8 Å². The number of ether oxygens (including phenoxy) is 3. The van der Waals surface area contributed by atoms with Gasteiger partial charge in [-0.25, -0.2) is 4.18 Å². The van der Waals surface area contributed by atoms with Gasteiger partial charge in [0.2, 0.25) is 0 Å². The molecule has 6 atom stereocenters. The van der Waals surface area contributed by atoms with Crippen LogP contribution in [0.25, 0.3) is 0 Å². The first-order valence-corrected chi connectivity index (χ1v) is 14.2. The second-order valence-electron chi connectivity index (χ2n) is 9.97. The lowest BCUT2D eigenvalue weighted by atomic mass is 9.96. The Balaban J connectivity index is 1.59. The van der Waals surface area contributed by atoms with Gasteiger partial charge in [0.25, 0.3) is 0 Å². The van der Waals surface area contributed by atoms with Crippen LogP contribution in [0.5, 0.6) is 11.5 Å². The number of aliphatic hydroxyl groups is 5. The second kappa shape index (κ2) is 13.7. The van der Waals surface area contributed by atoms with E-state index in [0.717, 1.165) is 32.1 Å². The molecule has 3 rings (SSSR count). The molecule has 1 aromatic rings. The third-order valence-electron chi connectivity index (χ3n) is 6.38. The van der Waals surface area contributed by atoms with Gasteiger partial charge in [0.15, 0.2) is 6.10 Å². The first-order valence-electron chi connectivity index (χ1n) is 12.8. The SMILES string of the molecule is CC(C)NC[C@H](COc1ccc(O[C@]2(O)O[C@H](CO)[C@@H](O)[C@H](O)[C@H]2O)cc1)OS(=O)(=O)NC1CCCCC1. The van der Waals surface area contributed by atoms with E-state index in [-0.39, 0.29) is 31.0 Å². The van der Waals surface area contributed by atoms with Crippen molar-refractivity contribution < 1.29 is 52.3 Å². The number of hydrogen-bond donors (Lipinski definition) is 7. The zero-order valence-electron chi connectivity index (χ0n) is 21.6. The molecule has 0 spiro atoms. The van der Waals surface area contributed by atoms with Crippen molar-refractivity contribution in [2.45, 2.75) is 94.5 Å². The summed E-state index contributed by atoms with van der Waals surface area (Å²) in [7, 11) is -3.99. The van der Waals surface area contributed by atoms with Gasteiger partial charge in [0, 0.05) is 18.6 Å². The molecule has 2 fully saturated rings. The maximum Gasteiger partial charge on any atom is 0.355 e. The Bertz CT molecular complexity index is 957. The van der Waals surface area contributed by atoms with E-state index in [1.807, 2.05) is 13.8 Å². The van der Waals surface area contributed by atoms with Crippen molar-refractivity contribution in [1.29, 1.82) is 0 Å². The van der Waals surface area contributed by atoms with Gasteiger partial charge in [-0.3, -0.25) is 0 Å². The third-order valence-corrected chi connectivity index (χ3v) is 7.53. The van der Waals surface area contributed by atoms with Crippen LogP contribution in [0.3, 0.4) is 0 Å².